The number of carbonyl (C=O) groups excluding carboxylic acids is 2. The maximum Gasteiger partial charge on any atom is 0.358 e. The molecule has 0 amide bonds. The topological polar surface area (TPSA) is 52.6 Å². The van der Waals surface area contributed by atoms with Crippen LogP contribution >= 0.6 is 0 Å². The van der Waals surface area contributed by atoms with Crippen molar-refractivity contribution in [1.82, 2.24) is 0 Å². The fraction of sp³-hybridized carbons (Fsp3) is 0.931. The third kappa shape index (κ3) is 22.5. The Hall–Kier alpha value is -1.06. The second-order valence-electron chi connectivity index (χ2n) is 9.89. The van der Waals surface area contributed by atoms with Gasteiger partial charge in [0.2, 0.25) is 0 Å². The van der Waals surface area contributed by atoms with Crippen LogP contribution in [0.4, 0.5) is 0 Å². The van der Waals surface area contributed by atoms with E-state index in [1.165, 1.54) is 96.3 Å². The van der Waals surface area contributed by atoms with Crippen molar-refractivity contribution in [2.75, 3.05) is 0 Å². The van der Waals surface area contributed by atoms with Gasteiger partial charge in [0.15, 0.2) is 0 Å². The molecule has 0 rings (SSSR count). The summed E-state index contributed by atoms with van der Waals surface area (Å²) in [6, 6.07) is 0. The highest BCUT2D eigenvalue weighted by Gasteiger charge is 2.22. The highest BCUT2D eigenvalue weighted by Crippen LogP contribution is 2.21. The van der Waals surface area contributed by atoms with E-state index >= 15 is 0 Å². The molecule has 0 aliphatic heterocycles. The smallest absolute Gasteiger partial charge is 0.247 e. The predicted molar refractivity (Wildman–Crippen MR) is 139 cm³/mol. The van der Waals surface area contributed by atoms with E-state index in [1.807, 2.05) is 0 Å². The van der Waals surface area contributed by atoms with Crippen LogP contribution in [-0.2, 0) is 19.4 Å². The standard InChI is InChI=1S/C29H56O4/c1-4-7-10-13-16-17-19-22-25-27(24-21-18-14-11-8-5-2)29(31)33-32-28(30)26-23-20-15-12-9-6-3/h27H,4-26H2,1-3H3. The second kappa shape index (κ2) is 25.6. The maximum absolute atomic E-state index is 12.6. The molecular formula is C29H56O4. The molecule has 0 bridgehead atoms. The lowest BCUT2D eigenvalue weighted by atomic mass is 9.94. The molecule has 0 aromatic rings. The number of hydrogen-bond donors (Lipinski definition) is 0. The zero-order valence-corrected chi connectivity index (χ0v) is 22.5. The first-order chi connectivity index (χ1) is 16.2. The van der Waals surface area contributed by atoms with Crippen LogP contribution < -0.4 is 0 Å². The fourth-order valence-corrected chi connectivity index (χ4v) is 4.32. The molecule has 0 aromatic heterocycles. The van der Waals surface area contributed by atoms with Gasteiger partial charge in [0.05, 0.1) is 12.3 Å². The molecule has 0 aliphatic rings. The minimum Gasteiger partial charge on any atom is -0.247 e. The Balaban J connectivity index is 4.17. The van der Waals surface area contributed by atoms with Crippen LogP contribution in [0.15, 0.2) is 0 Å². The number of rotatable bonds is 24. The van der Waals surface area contributed by atoms with Gasteiger partial charge >= 0.3 is 11.9 Å². The van der Waals surface area contributed by atoms with Gasteiger partial charge in [-0.2, -0.15) is 0 Å². The third-order valence-electron chi connectivity index (χ3n) is 6.60. The molecule has 4 nitrogen and oxygen atoms in total. The Morgan fingerprint density at radius 2 is 0.848 bits per heavy atom. The number of carbonyl (C=O) groups is 2. The normalized spacial score (nSPS) is 12.0. The van der Waals surface area contributed by atoms with Crippen molar-refractivity contribution in [1.29, 1.82) is 0 Å². The summed E-state index contributed by atoms with van der Waals surface area (Å²) in [7, 11) is 0. The van der Waals surface area contributed by atoms with Crippen molar-refractivity contribution in [3.8, 4) is 0 Å². The van der Waals surface area contributed by atoms with Crippen molar-refractivity contribution in [2.24, 2.45) is 5.92 Å². The summed E-state index contributed by atoms with van der Waals surface area (Å²) in [6.07, 6.45) is 26.0. The first-order valence-corrected chi connectivity index (χ1v) is 14.6. The summed E-state index contributed by atoms with van der Waals surface area (Å²) >= 11 is 0. The molecular weight excluding hydrogens is 412 g/mol. The quantitative estimate of drug-likeness (QED) is 0.0803. The minimum absolute atomic E-state index is 0.141. The third-order valence-corrected chi connectivity index (χ3v) is 6.60. The molecule has 196 valence electrons. The molecule has 4 heteroatoms. The Labute approximate surface area is 205 Å². The summed E-state index contributed by atoms with van der Waals surface area (Å²) in [5, 5.41) is 0. The van der Waals surface area contributed by atoms with E-state index in [0.29, 0.717) is 6.42 Å². The molecule has 0 heterocycles. The molecule has 33 heavy (non-hydrogen) atoms. The van der Waals surface area contributed by atoms with Crippen molar-refractivity contribution >= 4 is 11.9 Å². The average Bonchev–Trinajstić information content (AvgIpc) is 2.82. The highest BCUT2D eigenvalue weighted by atomic mass is 17.2. The summed E-state index contributed by atoms with van der Waals surface area (Å²) in [5.74, 6) is -0.898. The van der Waals surface area contributed by atoms with E-state index < -0.39 is 5.97 Å². The molecule has 0 radical (unpaired) electrons. The van der Waals surface area contributed by atoms with Gasteiger partial charge in [-0.15, -0.1) is 0 Å². The molecule has 0 saturated heterocycles. The molecule has 0 fully saturated rings. The molecule has 0 saturated carbocycles. The van der Waals surface area contributed by atoms with Gasteiger partial charge in [-0.1, -0.05) is 143 Å². The van der Waals surface area contributed by atoms with E-state index in [4.69, 9.17) is 9.78 Å². The number of hydrogen-bond acceptors (Lipinski definition) is 4. The highest BCUT2D eigenvalue weighted by molar-refractivity contribution is 5.74. The van der Waals surface area contributed by atoms with Crippen LogP contribution in [0.2, 0.25) is 0 Å². The second-order valence-corrected chi connectivity index (χ2v) is 9.89. The Bertz CT molecular complexity index is 435. The fourth-order valence-electron chi connectivity index (χ4n) is 4.32. The van der Waals surface area contributed by atoms with Gasteiger partial charge in [0.1, 0.15) is 0 Å². The van der Waals surface area contributed by atoms with Gasteiger partial charge in [0, 0.05) is 0 Å². The SMILES string of the molecule is CCCCCCCCCCC(CCCCCCCC)C(=O)OOC(=O)CCCCCCCC. The molecule has 1 atom stereocenters. The van der Waals surface area contributed by atoms with Crippen LogP contribution in [0.25, 0.3) is 0 Å². The van der Waals surface area contributed by atoms with Gasteiger partial charge in [0.25, 0.3) is 0 Å². The van der Waals surface area contributed by atoms with Crippen molar-refractivity contribution in [2.45, 2.75) is 168 Å². The zero-order valence-electron chi connectivity index (χ0n) is 22.5. The molecule has 0 N–H and O–H groups in total. The van der Waals surface area contributed by atoms with Crippen LogP contribution in [0.3, 0.4) is 0 Å². The first kappa shape index (κ1) is 31.9. The van der Waals surface area contributed by atoms with Crippen molar-refractivity contribution < 1.29 is 19.4 Å². The van der Waals surface area contributed by atoms with Crippen molar-refractivity contribution in [3.63, 3.8) is 0 Å². The summed E-state index contributed by atoms with van der Waals surface area (Å²) in [4.78, 5) is 34.4. The van der Waals surface area contributed by atoms with Crippen LogP contribution in [0.1, 0.15) is 168 Å². The van der Waals surface area contributed by atoms with Gasteiger partial charge < -0.3 is 0 Å². The lowest BCUT2D eigenvalue weighted by Crippen LogP contribution is -2.20. The number of unbranched alkanes of at least 4 members (excludes halogenated alkanes) is 17. The van der Waals surface area contributed by atoms with Crippen LogP contribution in [-0.4, -0.2) is 11.9 Å². The molecule has 0 spiro atoms. The zero-order chi connectivity index (χ0) is 24.4. The lowest BCUT2D eigenvalue weighted by molar-refractivity contribution is -0.262. The van der Waals surface area contributed by atoms with Gasteiger partial charge in [-0.25, -0.2) is 19.4 Å². The first-order valence-electron chi connectivity index (χ1n) is 14.6. The van der Waals surface area contributed by atoms with Crippen LogP contribution in [0, 0.1) is 5.92 Å². The van der Waals surface area contributed by atoms with E-state index in [1.54, 1.807) is 0 Å². The monoisotopic (exact) mass is 468 g/mol. The minimum atomic E-state index is -0.413. The maximum atomic E-state index is 12.6. The van der Waals surface area contributed by atoms with Gasteiger partial charge in [-0.05, 0) is 19.3 Å². The van der Waals surface area contributed by atoms with Gasteiger partial charge in [-0.3, -0.25) is 0 Å². The van der Waals surface area contributed by atoms with E-state index in [-0.39, 0.29) is 11.9 Å². The lowest BCUT2D eigenvalue weighted by Gasteiger charge is -2.14. The summed E-state index contributed by atoms with van der Waals surface area (Å²) < 4.78 is 0. The van der Waals surface area contributed by atoms with Crippen LogP contribution in [0.5, 0.6) is 0 Å². The Morgan fingerprint density at radius 3 is 1.27 bits per heavy atom. The molecule has 0 aliphatic carbocycles. The predicted octanol–water partition coefficient (Wildman–Crippen LogP) is 9.64. The van der Waals surface area contributed by atoms with E-state index in [0.717, 1.165) is 44.9 Å². The van der Waals surface area contributed by atoms with Crippen molar-refractivity contribution in [3.05, 3.63) is 0 Å². The molecule has 0 aromatic carbocycles. The van der Waals surface area contributed by atoms with E-state index in [2.05, 4.69) is 20.8 Å². The summed E-state index contributed by atoms with van der Waals surface area (Å²) in [5.41, 5.74) is 0. The van der Waals surface area contributed by atoms with E-state index in [9.17, 15) is 9.59 Å². The molecule has 1 unspecified atom stereocenters. The summed E-state index contributed by atoms with van der Waals surface area (Å²) in [6.45, 7) is 6.67. The Kier molecular flexibility index (Phi) is 24.7. The Morgan fingerprint density at radius 1 is 0.485 bits per heavy atom. The average molecular weight is 469 g/mol. The largest absolute Gasteiger partial charge is 0.358 e.